The molecular formula is C13H22F3IN4O. The van der Waals surface area contributed by atoms with Gasteiger partial charge in [0, 0.05) is 25.7 Å². The summed E-state index contributed by atoms with van der Waals surface area (Å²) in [5, 5.41) is 2.96. The van der Waals surface area contributed by atoms with E-state index in [0.717, 1.165) is 12.8 Å². The number of aliphatic imine (C=N–C) groups is 1. The van der Waals surface area contributed by atoms with E-state index in [9.17, 15) is 18.0 Å². The summed E-state index contributed by atoms with van der Waals surface area (Å²) in [5.74, 6) is 0.427. The van der Waals surface area contributed by atoms with Gasteiger partial charge in [-0.3, -0.25) is 9.79 Å². The molecule has 0 aromatic rings. The van der Waals surface area contributed by atoms with Crippen molar-refractivity contribution in [3.05, 3.63) is 0 Å². The molecule has 22 heavy (non-hydrogen) atoms. The number of rotatable bonds is 4. The number of carbonyl (C=O) groups is 1. The Morgan fingerprint density at radius 2 is 2.05 bits per heavy atom. The van der Waals surface area contributed by atoms with Crippen LogP contribution >= 0.6 is 24.0 Å². The molecule has 0 radical (unpaired) electrons. The summed E-state index contributed by atoms with van der Waals surface area (Å²) in [7, 11) is 0. The van der Waals surface area contributed by atoms with Gasteiger partial charge < -0.3 is 15.1 Å². The summed E-state index contributed by atoms with van der Waals surface area (Å²) < 4.78 is 36.5. The van der Waals surface area contributed by atoms with Gasteiger partial charge in [-0.15, -0.1) is 24.0 Å². The first-order valence-electron chi connectivity index (χ1n) is 7.30. The lowest BCUT2D eigenvalue weighted by molar-refractivity contribution is -0.135. The summed E-state index contributed by atoms with van der Waals surface area (Å²) in [5.41, 5.74) is 0. The average Bonchev–Trinajstić information content (AvgIpc) is 3.20. The third-order valence-corrected chi connectivity index (χ3v) is 3.54. The number of carbonyl (C=O) groups excluding carboxylic acids is 1. The maximum atomic E-state index is 12.2. The van der Waals surface area contributed by atoms with Crippen molar-refractivity contribution in [2.75, 3.05) is 32.7 Å². The topological polar surface area (TPSA) is 47.9 Å². The molecule has 9 heteroatoms. The molecule has 1 N–H and O–H groups in total. The minimum atomic E-state index is -4.21. The summed E-state index contributed by atoms with van der Waals surface area (Å²) >= 11 is 0. The van der Waals surface area contributed by atoms with Crippen molar-refractivity contribution >= 4 is 35.8 Å². The normalized spacial score (nSPS) is 20.0. The van der Waals surface area contributed by atoms with E-state index in [4.69, 9.17) is 0 Å². The Balaban J connectivity index is 0.00000242. The van der Waals surface area contributed by atoms with Crippen molar-refractivity contribution in [2.24, 2.45) is 4.99 Å². The fraction of sp³-hybridized carbons (Fsp3) is 0.846. The Bertz CT molecular complexity index is 413. The number of hydrogen-bond donors (Lipinski definition) is 1. The van der Waals surface area contributed by atoms with Crippen LogP contribution < -0.4 is 5.32 Å². The molecule has 1 heterocycles. The second kappa shape index (κ2) is 8.21. The van der Waals surface area contributed by atoms with Crippen molar-refractivity contribution in [3.8, 4) is 0 Å². The van der Waals surface area contributed by atoms with Crippen LogP contribution in [0.15, 0.2) is 4.99 Å². The number of halogens is 4. The van der Waals surface area contributed by atoms with E-state index in [0.29, 0.717) is 31.6 Å². The second-order valence-electron chi connectivity index (χ2n) is 5.34. The standard InChI is InChI=1S/C13H21F3N4O.HI/c1-2-17-12(18-6-5-13(14,15)16)19-7-8-20(10-3-4-10)11(21)9-19;/h10H,2-9H2,1H3,(H,17,18);1H. The lowest BCUT2D eigenvalue weighted by atomic mass is 10.3. The molecule has 0 unspecified atom stereocenters. The van der Waals surface area contributed by atoms with E-state index in [1.165, 1.54) is 0 Å². The van der Waals surface area contributed by atoms with Gasteiger partial charge in [-0.1, -0.05) is 0 Å². The first kappa shape index (κ1) is 19.3. The van der Waals surface area contributed by atoms with Crippen LogP contribution in [0.25, 0.3) is 0 Å². The molecule has 2 fully saturated rings. The van der Waals surface area contributed by atoms with E-state index in [-0.39, 0.29) is 43.0 Å². The van der Waals surface area contributed by atoms with E-state index in [1.807, 2.05) is 11.8 Å². The highest BCUT2D eigenvalue weighted by Gasteiger charge is 2.36. The van der Waals surface area contributed by atoms with Crippen LogP contribution in [0.5, 0.6) is 0 Å². The fourth-order valence-corrected chi connectivity index (χ4v) is 2.35. The highest BCUT2D eigenvalue weighted by Crippen LogP contribution is 2.28. The Hall–Kier alpha value is -0.740. The largest absolute Gasteiger partial charge is 0.390 e. The van der Waals surface area contributed by atoms with Crippen LogP contribution in [-0.4, -0.2) is 66.6 Å². The molecule has 0 bridgehead atoms. The minimum absolute atomic E-state index is 0. The molecule has 2 aliphatic rings. The van der Waals surface area contributed by atoms with Crippen LogP contribution in [0.2, 0.25) is 0 Å². The Labute approximate surface area is 145 Å². The number of nitrogens with zero attached hydrogens (tertiary/aromatic N) is 3. The van der Waals surface area contributed by atoms with Crippen molar-refractivity contribution in [1.29, 1.82) is 0 Å². The van der Waals surface area contributed by atoms with Crippen LogP contribution in [0.3, 0.4) is 0 Å². The van der Waals surface area contributed by atoms with Gasteiger partial charge in [-0.25, -0.2) is 0 Å². The monoisotopic (exact) mass is 434 g/mol. The van der Waals surface area contributed by atoms with Crippen LogP contribution in [-0.2, 0) is 4.79 Å². The molecule has 0 spiro atoms. The molecule has 0 aromatic carbocycles. The van der Waals surface area contributed by atoms with Crippen LogP contribution in [0.1, 0.15) is 26.2 Å². The summed E-state index contributed by atoms with van der Waals surface area (Å²) in [4.78, 5) is 19.6. The SMILES string of the molecule is CCNC(=NCCC(F)(F)F)N1CCN(C2CC2)C(=O)C1.I. The number of alkyl halides is 3. The summed E-state index contributed by atoms with van der Waals surface area (Å²) in [6.07, 6.45) is -3.03. The Morgan fingerprint density at radius 3 is 2.55 bits per heavy atom. The van der Waals surface area contributed by atoms with Gasteiger partial charge in [-0.2, -0.15) is 13.2 Å². The minimum Gasteiger partial charge on any atom is -0.357 e. The molecule has 1 saturated carbocycles. The first-order valence-corrected chi connectivity index (χ1v) is 7.30. The van der Waals surface area contributed by atoms with E-state index >= 15 is 0 Å². The quantitative estimate of drug-likeness (QED) is 0.418. The smallest absolute Gasteiger partial charge is 0.357 e. The molecule has 1 aliphatic carbocycles. The molecule has 5 nitrogen and oxygen atoms in total. The third kappa shape index (κ3) is 5.81. The van der Waals surface area contributed by atoms with E-state index in [2.05, 4.69) is 10.3 Å². The highest BCUT2D eigenvalue weighted by molar-refractivity contribution is 14.0. The highest BCUT2D eigenvalue weighted by atomic mass is 127. The van der Waals surface area contributed by atoms with Gasteiger partial charge in [0.25, 0.3) is 0 Å². The molecule has 0 atom stereocenters. The van der Waals surface area contributed by atoms with E-state index < -0.39 is 12.6 Å². The number of nitrogens with one attached hydrogen (secondary N) is 1. The van der Waals surface area contributed by atoms with Crippen molar-refractivity contribution in [3.63, 3.8) is 0 Å². The Kier molecular flexibility index (Phi) is 7.20. The zero-order valence-electron chi connectivity index (χ0n) is 12.5. The Morgan fingerprint density at radius 1 is 1.36 bits per heavy atom. The predicted molar refractivity (Wildman–Crippen MR) is 88.4 cm³/mol. The summed E-state index contributed by atoms with van der Waals surface area (Å²) in [6, 6.07) is 0.379. The molecule has 2 rings (SSSR count). The molecule has 1 aliphatic heterocycles. The van der Waals surface area contributed by atoms with Crippen molar-refractivity contribution < 1.29 is 18.0 Å². The lowest BCUT2D eigenvalue weighted by Gasteiger charge is -2.36. The molecule has 0 aromatic heterocycles. The lowest BCUT2D eigenvalue weighted by Crippen LogP contribution is -2.55. The van der Waals surface area contributed by atoms with Crippen LogP contribution in [0, 0.1) is 0 Å². The molecular weight excluding hydrogens is 412 g/mol. The molecule has 1 amide bonds. The maximum Gasteiger partial charge on any atom is 0.390 e. The zero-order valence-corrected chi connectivity index (χ0v) is 14.9. The number of guanidine groups is 1. The van der Waals surface area contributed by atoms with Gasteiger partial charge in [0.15, 0.2) is 5.96 Å². The molecule has 128 valence electrons. The maximum absolute atomic E-state index is 12.2. The van der Waals surface area contributed by atoms with Crippen molar-refractivity contribution in [2.45, 2.75) is 38.4 Å². The number of amides is 1. The first-order chi connectivity index (χ1) is 9.90. The van der Waals surface area contributed by atoms with Gasteiger partial charge >= 0.3 is 6.18 Å². The van der Waals surface area contributed by atoms with Gasteiger partial charge in [0.1, 0.15) is 0 Å². The predicted octanol–water partition coefficient (Wildman–Crippen LogP) is 1.83. The number of hydrogen-bond acceptors (Lipinski definition) is 2. The van der Waals surface area contributed by atoms with Crippen LogP contribution in [0.4, 0.5) is 13.2 Å². The van der Waals surface area contributed by atoms with Gasteiger partial charge in [0.2, 0.25) is 5.91 Å². The van der Waals surface area contributed by atoms with Crippen molar-refractivity contribution in [1.82, 2.24) is 15.1 Å². The fourth-order valence-electron chi connectivity index (χ4n) is 2.35. The average molecular weight is 434 g/mol. The zero-order chi connectivity index (χ0) is 15.5. The third-order valence-electron chi connectivity index (χ3n) is 3.54. The molecule has 1 saturated heterocycles. The number of piperazine rings is 1. The van der Waals surface area contributed by atoms with Gasteiger partial charge in [-0.05, 0) is 19.8 Å². The van der Waals surface area contributed by atoms with Gasteiger partial charge in [0.05, 0.1) is 19.5 Å². The van der Waals surface area contributed by atoms with E-state index in [1.54, 1.807) is 4.90 Å². The summed E-state index contributed by atoms with van der Waals surface area (Å²) in [6.45, 7) is 3.51. The second-order valence-corrected chi connectivity index (χ2v) is 5.34.